The second-order valence-corrected chi connectivity index (χ2v) is 15.3. The van der Waals surface area contributed by atoms with Gasteiger partial charge in [-0.25, -0.2) is 9.59 Å². The van der Waals surface area contributed by atoms with Gasteiger partial charge in [0.25, 0.3) is 0 Å². The van der Waals surface area contributed by atoms with Crippen LogP contribution in [0, 0.1) is 10.8 Å². The SMILES string of the molecule is CC(C)(C)C1CC(c2ccc(N)cn2)CCN1C(=O)O.CC(C)(C)C1CC(c2ccc(NC3CCC(=O)NC3=O)cn2)CCN1C(=O)O. The maximum atomic E-state index is 11.9. The molecule has 5 rings (SSSR count). The number of hydrogen-bond donors (Lipinski definition) is 5. The molecule has 5 atom stereocenters. The zero-order chi connectivity index (χ0) is 35.4. The van der Waals surface area contributed by atoms with Gasteiger partial charge in [0.15, 0.2) is 0 Å². The van der Waals surface area contributed by atoms with E-state index < -0.39 is 18.2 Å². The molecule has 48 heavy (non-hydrogen) atoms. The average molecular weight is 666 g/mol. The molecule has 0 aliphatic carbocycles. The van der Waals surface area contributed by atoms with Crippen LogP contribution in [0.5, 0.6) is 0 Å². The Balaban J connectivity index is 0.000000229. The highest BCUT2D eigenvalue weighted by molar-refractivity contribution is 6.01. The largest absolute Gasteiger partial charge is 0.465 e. The van der Waals surface area contributed by atoms with Crippen molar-refractivity contribution >= 4 is 35.4 Å². The van der Waals surface area contributed by atoms with Gasteiger partial charge in [0.1, 0.15) is 6.04 Å². The van der Waals surface area contributed by atoms with Crippen molar-refractivity contribution in [1.29, 1.82) is 0 Å². The van der Waals surface area contributed by atoms with E-state index >= 15 is 0 Å². The van der Waals surface area contributed by atoms with Gasteiger partial charge in [0, 0.05) is 54.8 Å². The van der Waals surface area contributed by atoms with E-state index in [1.807, 2.05) is 24.3 Å². The first kappa shape index (κ1) is 36.4. The number of nitrogen functional groups attached to an aromatic ring is 1. The number of carbonyl (C=O) groups excluding carboxylic acids is 2. The summed E-state index contributed by atoms with van der Waals surface area (Å²) in [4.78, 5) is 58.2. The van der Waals surface area contributed by atoms with Crippen molar-refractivity contribution < 1.29 is 29.4 Å². The van der Waals surface area contributed by atoms with Crippen LogP contribution in [0.1, 0.15) is 103 Å². The normalized spacial score (nSPS) is 25.0. The second-order valence-electron chi connectivity index (χ2n) is 15.3. The second kappa shape index (κ2) is 14.8. The summed E-state index contributed by atoms with van der Waals surface area (Å²) in [5.41, 5.74) is 8.78. The van der Waals surface area contributed by atoms with Crippen molar-refractivity contribution in [2.75, 3.05) is 24.1 Å². The Labute approximate surface area is 282 Å². The fourth-order valence-corrected chi connectivity index (χ4v) is 6.99. The van der Waals surface area contributed by atoms with Crippen LogP contribution in [0.15, 0.2) is 36.7 Å². The Morgan fingerprint density at radius 1 is 0.812 bits per heavy atom. The first-order valence-electron chi connectivity index (χ1n) is 16.7. The summed E-state index contributed by atoms with van der Waals surface area (Å²) in [6, 6.07) is 7.16. The van der Waals surface area contributed by atoms with Gasteiger partial charge in [-0.15, -0.1) is 0 Å². The van der Waals surface area contributed by atoms with Gasteiger partial charge in [-0.05, 0) is 67.2 Å². The fraction of sp³-hybridized carbons (Fsp3) is 0.600. The van der Waals surface area contributed by atoms with Crippen molar-refractivity contribution in [3.05, 3.63) is 48.0 Å². The Morgan fingerprint density at radius 3 is 1.71 bits per heavy atom. The first-order chi connectivity index (χ1) is 22.4. The summed E-state index contributed by atoms with van der Waals surface area (Å²) >= 11 is 0. The number of imide groups is 1. The molecule has 0 radical (unpaired) electrons. The lowest BCUT2D eigenvalue weighted by Crippen LogP contribution is -2.51. The van der Waals surface area contributed by atoms with E-state index in [4.69, 9.17) is 5.73 Å². The number of likely N-dealkylation sites (tertiary alicyclic amines) is 2. The predicted octanol–water partition coefficient (Wildman–Crippen LogP) is 5.51. The molecule has 5 unspecified atom stereocenters. The molecular weight excluding hydrogens is 614 g/mol. The number of piperidine rings is 3. The number of nitrogens with one attached hydrogen (secondary N) is 2. The number of amides is 4. The lowest BCUT2D eigenvalue weighted by Gasteiger charge is -2.44. The van der Waals surface area contributed by atoms with Crippen LogP contribution in [-0.4, -0.2) is 85.2 Å². The molecule has 3 fully saturated rings. The number of anilines is 2. The number of hydrogen-bond acceptors (Lipinski definition) is 8. The third-order valence-corrected chi connectivity index (χ3v) is 9.71. The molecular formula is C35H51N7O6. The molecule has 0 saturated carbocycles. The van der Waals surface area contributed by atoms with Gasteiger partial charge in [-0.2, -0.15) is 0 Å². The number of rotatable bonds is 4. The highest BCUT2D eigenvalue weighted by Gasteiger charge is 2.40. The van der Waals surface area contributed by atoms with Crippen LogP contribution in [0.4, 0.5) is 21.0 Å². The topological polar surface area (TPSA) is 191 Å². The van der Waals surface area contributed by atoms with Crippen LogP contribution < -0.4 is 16.4 Å². The lowest BCUT2D eigenvalue weighted by atomic mass is 9.76. The van der Waals surface area contributed by atoms with Crippen LogP contribution in [0.2, 0.25) is 0 Å². The third kappa shape index (κ3) is 9.13. The molecule has 0 spiro atoms. The van der Waals surface area contributed by atoms with Crippen molar-refractivity contribution in [2.24, 2.45) is 10.8 Å². The Bertz CT molecular complexity index is 1450. The minimum absolute atomic E-state index is 0.0121. The number of aromatic nitrogens is 2. The maximum Gasteiger partial charge on any atom is 0.407 e. The molecule has 0 bridgehead atoms. The number of pyridine rings is 2. The molecule has 6 N–H and O–H groups in total. The molecule has 3 aliphatic heterocycles. The van der Waals surface area contributed by atoms with Crippen molar-refractivity contribution in [3.63, 3.8) is 0 Å². The molecule has 2 aromatic heterocycles. The van der Waals surface area contributed by atoms with Gasteiger partial charge in [-0.1, -0.05) is 41.5 Å². The number of nitrogens with zero attached hydrogens (tertiary/aromatic N) is 4. The highest BCUT2D eigenvalue weighted by atomic mass is 16.4. The molecule has 262 valence electrons. The van der Waals surface area contributed by atoms with Gasteiger partial charge in [0.05, 0.1) is 23.8 Å². The Kier molecular flexibility index (Phi) is 11.2. The minimum Gasteiger partial charge on any atom is -0.465 e. The summed E-state index contributed by atoms with van der Waals surface area (Å²) in [7, 11) is 0. The van der Waals surface area contributed by atoms with Crippen molar-refractivity contribution in [3.8, 4) is 0 Å². The van der Waals surface area contributed by atoms with Gasteiger partial charge in [-0.3, -0.25) is 24.9 Å². The molecule has 3 saturated heterocycles. The number of carboxylic acid groups (broad SMARTS) is 2. The first-order valence-corrected chi connectivity index (χ1v) is 16.7. The number of carbonyl (C=O) groups is 4. The monoisotopic (exact) mass is 665 g/mol. The fourth-order valence-electron chi connectivity index (χ4n) is 6.99. The van der Waals surface area contributed by atoms with Crippen molar-refractivity contribution in [1.82, 2.24) is 25.1 Å². The van der Waals surface area contributed by atoms with E-state index in [9.17, 15) is 29.4 Å². The van der Waals surface area contributed by atoms with E-state index in [1.165, 1.54) is 0 Å². The molecule has 0 aromatic carbocycles. The summed E-state index contributed by atoms with van der Waals surface area (Å²) < 4.78 is 0. The molecule has 4 amide bonds. The Hall–Kier alpha value is -4.42. The highest BCUT2D eigenvalue weighted by Crippen LogP contribution is 2.40. The van der Waals surface area contributed by atoms with Gasteiger partial charge >= 0.3 is 12.2 Å². The van der Waals surface area contributed by atoms with E-state index in [2.05, 4.69) is 62.1 Å². The van der Waals surface area contributed by atoms with Gasteiger partial charge in [0.2, 0.25) is 11.8 Å². The average Bonchev–Trinajstić information content (AvgIpc) is 3.02. The summed E-state index contributed by atoms with van der Waals surface area (Å²) in [6.07, 6.45) is 5.58. The smallest absolute Gasteiger partial charge is 0.407 e. The molecule has 13 heteroatoms. The van der Waals surface area contributed by atoms with E-state index in [0.717, 1.165) is 42.8 Å². The molecule has 2 aromatic rings. The van der Waals surface area contributed by atoms with E-state index in [-0.39, 0.29) is 40.6 Å². The summed E-state index contributed by atoms with van der Waals surface area (Å²) in [6.45, 7) is 13.5. The Morgan fingerprint density at radius 2 is 1.31 bits per heavy atom. The zero-order valence-electron chi connectivity index (χ0n) is 28.9. The maximum absolute atomic E-state index is 11.9. The van der Waals surface area contributed by atoms with Crippen LogP contribution >= 0.6 is 0 Å². The van der Waals surface area contributed by atoms with E-state index in [0.29, 0.717) is 37.5 Å². The molecule has 5 heterocycles. The summed E-state index contributed by atoms with van der Waals surface area (Å²) in [5, 5.41) is 24.3. The van der Waals surface area contributed by atoms with Crippen LogP contribution in [0.3, 0.4) is 0 Å². The lowest BCUT2D eigenvalue weighted by molar-refractivity contribution is -0.133. The summed E-state index contributed by atoms with van der Waals surface area (Å²) in [5.74, 6) is -0.0492. The molecule has 3 aliphatic rings. The van der Waals surface area contributed by atoms with Crippen molar-refractivity contribution in [2.45, 2.75) is 110 Å². The van der Waals surface area contributed by atoms with Gasteiger partial charge < -0.3 is 31.1 Å². The number of nitrogens with two attached hydrogens (primary N) is 1. The minimum atomic E-state index is -0.866. The quantitative estimate of drug-likeness (QED) is 0.260. The molecule has 13 nitrogen and oxygen atoms in total. The standard InChI is InChI=1S/C20H28N4O4.C15H23N3O2/c1-20(2,3)16-10-12(8-9-24(16)19(27)28)14-5-4-13(11-21-14)22-15-6-7-17(25)23-18(15)26;1-15(2,3)13-8-10(6-7-18(13)14(19)20)12-5-4-11(16)9-17-12/h4-5,11-12,15-16,22H,6-10H2,1-3H3,(H,27,28)(H,23,25,26);4-5,9-10,13H,6-8,16H2,1-3H3,(H,19,20). The van der Waals surface area contributed by atoms with E-state index in [1.54, 1.807) is 22.2 Å². The zero-order valence-corrected chi connectivity index (χ0v) is 28.9. The third-order valence-electron chi connectivity index (χ3n) is 9.71. The predicted molar refractivity (Wildman–Crippen MR) is 183 cm³/mol. The van der Waals surface area contributed by atoms with Crippen LogP contribution in [-0.2, 0) is 9.59 Å². The van der Waals surface area contributed by atoms with Crippen LogP contribution in [0.25, 0.3) is 0 Å².